The fourth-order valence-electron chi connectivity index (χ4n) is 3.32. The number of nitrogens with zero attached hydrogens (tertiary/aromatic N) is 2. The van der Waals surface area contributed by atoms with E-state index in [1.54, 1.807) is 23.1 Å². The van der Waals surface area contributed by atoms with Gasteiger partial charge in [-0.05, 0) is 23.8 Å². The maximum absolute atomic E-state index is 13.1. The molecular weight excluding hydrogens is 342 g/mol. The molecular formula is C21H23N3O3. The number of anilines is 2. The molecule has 0 unspecified atom stereocenters. The molecule has 0 saturated carbocycles. The van der Waals surface area contributed by atoms with Crippen molar-refractivity contribution < 1.29 is 14.3 Å². The second-order valence-electron chi connectivity index (χ2n) is 6.66. The summed E-state index contributed by atoms with van der Waals surface area (Å²) >= 11 is 0. The molecule has 2 aromatic carbocycles. The highest BCUT2D eigenvalue weighted by Gasteiger charge is 2.30. The molecule has 0 bridgehead atoms. The molecule has 0 aromatic heterocycles. The van der Waals surface area contributed by atoms with Crippen LogP contribution in [0.3, 0.4) is 0 Å². The number of carbonyl (C=O) groups is 1. The van der Waals surface area contributed by atoms with Crippen LogP contribution in [0.5, 0.6) is 5.75 Å². The molecule has 2 aliphatic rings. The van der Waals surface area contributed by atoms with Gasteiger partial charge in [0.1, 0.15) is 0 Å². The van der Waals surface area contributed by atoms with Gasteiger partial charge < -0.3 is 20.1 Å². The van der Waals surface area contributed by atoms with E-state index in [4.69, 9.17) is 15.2 Å². The Labute approximate surface area is 158 Å². The lowest BCUT2D eigenvalue weighted by Gasteiger charge is -2.33. The minimum Gasteiger partial charge on any atom is -0.449 e. The zero-order valence-electron chi connectivity index (χ0n) is 15.1. The number of carbonyl (C=O) groups excluding carboxylic acids is 1. The minimum absolute atomic E-state index is 0.135. The predicted octanol–water partition coefficient (Wildman–Crippen LogP) is 2.37. The number of amides is 1. The van der Waals surface area contributed by atoms with Gasteiger partial charge in [0.05, 0.1) is 18.9 Å². The standard InChI is InChI=1S/C21H23N3O3/c22-17-6-7-18-19(15-17)27-20(14-16-4-2-1-3-5-16)21(25)24(18)9-8-23-10-12-26-13-11-23/h1-7,14-15H,8-13,22H2/b20-14+. The Hall–Kier alpha value is -2.83. The van der Waals surface area contributed by atoms with E-state index >= 15 is 0 Å². The van der Waals surface area contributed by atoms with Crippen LogP contribution < -0.4 is 15.4 Å². The third-order valence-electron chi connectivity index (χ3n) is 4.79. The van der Waals surface area contributed by atoms with Gasteiger partial charge in [0, 0.05) is 37.9 Å². The average molecular weight is 365 g/mol. The van der Waals surface area contributed by atoms with E-state index in [1.165, 1.54) is 0 Å². The van der Waals surface area contributed by atoms with Crippen molar-refractivity contribution in [2.75, 3.05) is 50.0 Å². The molecule has 0 radical (unpaired) electrons. The van der Waals surface area contributed by atoms with Crippen molar-refractivity contribution in [3.8, 4) is 5.75 Å². The Balaban J connectivity index is 1.61. The fourth-order valence-corrected chi connectivity index (χ4v) is 3.32. The molecule has 6 nitrogen and oxygen atoms in total. The highest BCUT2D eigenvalue weighted by atomic mass is 16.5. The van der Waals surface area contributed by atoms with Crippen LogP contribution in [0.15, 0.2) is 54.3 Å². The van der Waals surface area contributed by atoms with E-state index in [0.717, 1.165) is 44.1 Å². The number of nitrogen functional groups attached to an aromatic ring is 1. The molecule has 2 aromatic rings. The van der Waals surface area contributed by atoms with Gasteiger partial charge in [0.25, 0.3) is 5.91 Å². The largest absolute Gasteiger partial charge is 0.449 e. The van der Waals surface area contributed by atoms with E-state index < -0.39 is 0 Å². The summed E-state index contributed by atoms with van der Waals surface area (Å²) in [5.41, 5.74) is 8.21. The maximum atomic E-state index is 13.1. The third kappa shape index (κ3) is 3.97. The molecule has 27 heavy (non-hydrogen) atoms. The third-order valence-corrected chi connectivity index (χ3v) is 4.79. The summed E-state index contributed by atoms with van der Waals surface area (Å²) in [6, 6.07) is 15.1. The maximum Gasteiger partial charge on any atom is 0.294 e. The summed E-state index contributed by atoms with van der Waals surface area (Å²) in [5, 5.41) is 0. The van der Waals surface area contributed by atoms with Crippen LogP contribution in [-0.2, 0) is 9.53 Å². The van der Waals surface area contributed by atoms with Crippen molar-refractivity contribution in [1.29, 1.82) is 0 Å². The highest BCUT2D eigenvalue weighted by Crippen LogP contribution is 2.37. The Kier molecular flexibility index (Phi) is 5.09. The SMILES string of the molecule is Nc1ccc2c(c1)O/C(=C/c1ccccc1)C(=O)N2CCN1CCOCC1. The number of hydrogen-bond donors (Lipinski definition) is 1. The summed E-state index contributed by atoms with van der Waals surface area (Å²) in [7, 11) is 0. The monoisotopic (exact) mass is 365 g/mol. The number of ether oxygens (including phenoxy) is 2. The summed E-state index contributed by atoms with van der Waals surface area (Å²) in [4.78, 5) is 17.2. The molecule has 6 heteroatoms. The molecule has 0 atom stereocenters. The lowest BCUT2D eigenvalue weighted by Crippen LogP contribution is -2.45. The normalized spacial score (nSPS) is 19.0. The molecule has 0 aliphatic carbocycles. The van der Waals surface area contributed by atoms with Crippen molar-refractivity contribution in [2.24, 2.45) is 0 Å². The molecule has 1 fully saturated rings. The zero-order valence-corrected chi connectivity index (χ0v) is 15.1. The number of hydrogen-bond acceptors (Lipinski definition) is 5. The molecule has 140 valence electrons. The van der Waals surface area contributed by atoms with E-state index in [0.29, 0.717) is 23.7 Å². The summed E-state index contributed by atoms with van der Waals surface area (Å²) in [5.74, 6) is 0.782. The van der Waals surface area contributed by atoms with E-state index in [-0.39, 0.29) is 5.91 Å². The number of morpholine rings is 1. The van der Waals surface area contributed by atoms with Crippen LogP contribution in [-0.4, -0.2) is 50.2 Å². The second kappa shape index (κ2) is 7.82. The first kappa shape index (κ1) is 17.6. The van der Waals surface area contributed by atoms with Crippen molar-refractivity contribution in [3.63, 3.8) is 0 Å². The van der Waals surface area contributed by atoms with Crippen molar-refractivity contribution >= 4 is 23.4 Å². The van der Waals surface area contributed by atoms with Crippen LogP contribution in [0.1, 0.15) is 5.56 Å². The van der Waals surface area contributed by atoms with E-state index in [1.807, 2.05) is 36.4 Å². The van der Waals surface area contributed by atoms with Crippen LogP contribution in [0, 0.1) is 0 Å². The van der Waals surface area contributed by atoms with E-state index in [2.05, 4.69) is 4.90 Å². The quantitative estimate of drug-likeness (QED) is 0.665. The number of benzene rings is 2. The Morgan fingerprint density at radius 2 is 1.81 bits per heavy atom. The van der Waals surface area contributed by atoms with Crippen molar-refractivity contribution in [1.82, 2.24) is 4.90 Å². The summed E-state index contributed by atoms with van der Waals surface area (Å²) in [6.45, 7) is 4.63. The molecule has 2 heterocycles. The first-order chi connectivity index (χ1) is 13.2. The molecule has 0 spiro atoms. The lowest BCUT2D eigenvalue weighted by atomic mass is 10.1. The molecule has 2 aliphatic heterocycles. The van der Waals surface area contributed by atoms with Gasteiger partial charge in [-0.3, -0.25) is 9.69 Å². The molecule has 1 amide bonds. The number of nitrogens with two attached hydrogens (primary N) is 1. The van der Waals surface area contributed by atoms with Gasteiger partial charge >= 0.3 is 0 Å². The first-order valence-corrected chi connectivity index (χ1v) is 9.17. The Morgan fingerprint density at radius 3 is 2.59 bits per heavy atom. The first-order valence-electron chi connectivity index (χ1n) is 9.17. The minimum atomic E-state index is -0.135. The Bertz CT molecular complexity index is 845. The topological polar surface area (TPSA) is 68.0 Å². The van der Waals surface area contributed by atoms with Gasteiger partial charge in [0.2, 0.25) is 0 Å². The van der Waals surface area contributed by atoms with Crippen LogP contribution in [0.4, 0.5) is 11.4 Å². The van der Waals surface area contributed by atoms with Crippen LogP contribution >= 0.6 is 0 Å². The van der Waals surface area contributed by atoms with Gasteiger partial charge in [-0.2, -0.15) is 0 Å². The number of fused-ring (bicyclic) bond motifs is 1. The smallest absolute Gasteiger partial charge is 0.294 e. The van der Waals surface area contributed by atoms with Gasteiger partial charge in [-0.25, -0.2) is 0 Å². The predicted molar refractivity (Wildman–Crippen MR) is 106 cm³/mol. The lowest BCUT2D eigenvalue weighted by molar-refractivity contribution is -0.117. The zero-order chi connectivity index (χ0) is 18.6. The van der Waals surface area contributed by atoms with Gasteiger partial charge in [0.15, 0.2) is 11.5 Å². The Morgan fingerprint density at radius 1 is 1.04 bits per heavy atom. The van der Waals surface area contributed by atoms with Gasteiger partial charge in [-0.1, -0.05) is 30.3 Å². The highest BCUT2D eigenvalue weighted by molar-refractivity contribution is 6.10. The molecule has 2 N–H and O–H groups in total. The van der Waals surface area contributed by atoms with Crippen LogP contribution in [0.25, 0.3) is 6.08 Å². The second-order valence-corrected chi connectivity index (χ2v) is 6.66. The van der Waals surface area contributed by atoms with E-state index in [9.17, 15) is 4.79 Å². The number of rotatable bonds is 4. The fraction of sp³-hybridized carbons (Fsp3) is 0.286. The summed E-state index contributed by atoms with van der Waals surface area (Å²) < 4.78 is 11.3. The van der Waals surface area contributed by atoms with Crippen molar-refractivity contribution in [2.45, 2.75) is 0 Å². The summed E-state index contributed by atoms with van der Waals surface area (Å²) in [6.07, 6.45) is 1.77. The van der Waals surface area contributed by atoms with Crippen LogP contribution in [0.2, 0.25) is 0 Å². The molecule has 4 rings (SSSR count). The van der Waals surface area contributed by atoms with Crippen molar-refractivity contribution in [3.05, 3.63) is 59.9 Å². The van der Waals surface area contributed by atoms with Gasteiger partial charge in [-0.15, -0.1) is 0 Å². The average Bonchev–Trinajstić information content (AvgIpc) is 2.70. The molecule has 1 saturated heterocycles.